The molecule has 0 bridgehead atoms. The molecule has 0 spiro atoms. The number of hydrogen-bond acceptors (Lipinski definition) is 8. The van der Waals surface area contributed by atoms with Crippen LogP contribution in [0.1, 0.15) is 93.1 Å². The molecule has 51 heavy (non-hydrogen) atoms. The lowest BCUT2D eigenvalue weighted by molar-refractivity contribution is -0.131. The minimum atomic E-state index is -3.69. The summed E-state index contributed by atoms with van der Waals surface area (Å²) >= 11 is 0. The average molecular weight is 736 g/mol. The molecule has 288 valence electrons. The van der Waals surface area contributed by atoms with Crippen LogP contribution in [-0.4, -0.2) is 84.9 Å². The van der Waals surface area contributed by atoms with Crippen LogP contribution in [0.3, 0.4) is 0 Å². The molecule has 0 saturated carbocycles. The van der Waals surface area contributed by atoms with E-state index in [1.807, 2.05) is 71.9 Å². The number of rotatable bonds is 20. The van der Waals surface area contributed by atoms with Gasteiger partial charge in [-0.2, -0.15) is 0 Å². The number of nitrogens with one attached hydrogen (secondary N) is 4. The summed E-state index contributed by atoms with van der Waals surface area (Å²) in [6.45, 7) is 15.5. The van der Waals surface area contributed by atoms with Crippen LogP contribution in [0.25, 0.3) is 0 Å². The molecule has 1 aliphatic heterocycles. The lowest BCUT2D eigenvalue weighted by Crippen LogP contribution is -2.54. The van der Waals surface area contributed by atoms with Gasteiger partial charge in [0.25, 0.3) is 0 Å². The van der Waals surface area contributed by atoms with E-state index in [0.717, 1.165) is 5.56 Å². The van der Waals surface area contributed by atoms with Gasteiger partial charge in [-0.1, -0.05) is 71.9 Å². The average Bonchev–Trinajstić information content (AvgIpc) is 3.56. The maximum Gasteiger partial charge on any atom is 0.410 e. The van der Waals surface area contributed by atoms with Crippen LogP contribution in [0.5, 0.6) is 0 Å². The zero-order valence-corrected chi connectivity index (χ0v) is 32.9. The first kappa shape index (κ1) is 43.7. The first-order valence-corrected chi connectivity index (χ1v) is 20.2. The van der Waals surface area contributed by atoms with Crippen molar-refractivity contribution in [1.29, 1.82) is 0 Å². The quantitative estimate of drug-likeness (QED) is 0.135. The number of likely N-dealkylation sites (N-methyl/N-ethyl adjacent to an activating group) is 1. The van der Waals surface area contributed by atoms with E-state index in [1.165, 1.54) is 11.9 Å². The van der Waals surface area contributed by atoms with E-state index in [2.05, 4.69) is 21.3 Å². The second kappa shape index (κ2) is 21.2. The number of nitrogens with zero attached hydrogens (tertiary/aromatic N) is 1. The Balaban J connectivity index is 2.20. The van der Waals surface area contributed by atoms with Gasteiger partial charge in [-0.05, 0) is 69.3 Å². The first-order valence-electron chi connectivity index (χ1n) is 18.3. The van der Waals surface area contributed by atoms with Gasteiger partial charge in [0.1, 0.15) is 30.5 Å². The summed E-state index contributed by atoms with van der Waals surface area (Å²) in [7, 11) is -2.18. The second-order valence-electron chi connectivity index (χ2n) is 14.7. The second-order valence-corrected chi connectivity index (χ2v) is 17.6. The summed E-state index contributed by atoms with van der Waals surface area (Å²) in [5.41, 5.74) is 0.827. The van der Waals surface area contributed by atoms with Crippen LogP contribution in [0.2, 0.25) is 0 Å². The van der Waals surface area contributed by atoms with Crippen LogP contribution in [0.4, 0.5) is 4.79 Å². The van der Waals surface area contributed by atoms with Crippen LogP contribution in [0.15, 0.2) is 30.3 Å². The van der Waals surface area contributed by atoms with E-state index in [1.54, 1.807) is 13.8 Å². The van der Waals surface area contributed by atoms with Gasteiger partial charge in [-0.15, -0.1) is 0 Å². The zero-order chi connectivity index (χ0) is 38.3. The summed E-state index contributed by atoms with van der Waals surface area (Å²) in [5, 5.41) is 11.1. The normalized spacial score (nSPS) is 18.0. The number of carbonyl (C=O) groups is 5. The van der Waals surface area contributed by atoms with E-state index in [0.29, 0.717) is 38.6 Å². The molecule has 1 aromatic carbocycles. The predicted molar refractivity (Wildman–Crippen MR) is 198 cm³/mol. The molecular formula is C37H62N5O8P. The number of hydrogen-bond donors (Lipinski definition) is 4. The fourth-order valence-corrected chi connectivity index (χ4v) is 8.62. The molecule has 1 aromatic rings. The molecular weight excluding hydrogens is 673 g/mol. The van der Waals surface area contributed by atoms with Crippen molar-refractivity contribution in [3.63, 3.8) is 0 Å². The van der Waals surface area contributed by atoms with Crippen LogP contribution in [-0.2, 0) is 39.6 Å². The fraction of sp³-hybridized carbons (Fsp3) is 0.703. The van der Waals surface area contributed by atoms with Crippen molar-refractivity contribution in [2.75, 3.05) is 26.4 Å². The molecule has 1 fully saturated rings. The van der Waals surface area contributed by atoms with Crippen molar-refractivity contribution >= 4 is 37.1 Å². The van der Waals surface area contributed by atoms with Gasteiger partial charge in [0.2, 0.25) is 31.0 Å². The predicted octanol–water partition coefficient (Wildman–Crippen LogP) is 5.03. The Bertz CT molecular complexity index is 1340. The Morgan fingerprint density at radius 2 is 1.41 bits per heavy atom. The molecule has 0 radical (unpaired) electrons. The molecule has 2 rings (SSSR count). The zero-order valence-electron chi connectivity index (χ0n) is 32.0. The summed E-state index contributed by atoms with van der Waals surface area (Å²) in [5.74, 6) is -3.22. The van der Waals surface area contributed by atoms with Crippen molar-refractivity contribution in [3.05, 3.63) is 35.9 Å². The number of carbonyl (C=O) groups excluding carboxylic acids is 5. The maximum absolute atomic E-state index is 14.5. The summed E-state index contributed by atoms with van der Waals surface area (Å²) in [6, 6.07) is 6.74. The molecule has 1 heterocycles. The third-order valence-corrected chi connectivity index (χ3v) is 11.8. The molecule has 2 unspecified atom stereocenters. The van der Waals surface area contributed by atoms with Crippen molar-refractivity contribution in [2.45, 2.75) is 118 Å². The van der Waals surface area contributed by atoms with Gasteiger partial charge in [-0.3, -0.25) is 28.6 Å². The Labute approximate surface area is 304 Å². The van der Waals surface area contributed by atoms with Gasteiger partial charge in [0.15, 0.2) is 0 Å². The van der Waals surface area contributed by atoms with Crippen LogP contribution >= 0.6 is 7.37 Å². The van der Waals surface area contributed by atoms with E-state index >= 15 is 0 Å². The third kappa shape index (κ3) is 14.2. The summed E-state index contributed by atoms with van der Waals surface area (Å²) in [4.78, 5) is 67.9. The van der Waals surface area contributed by atoms with Crippen molar-refractivity contribution in [1.82, 2.24) is 26.2 Å². The number of ether oxygens (including phenoxy) is 1. The van der Waals surface area contributed by atoms with Crippen molar-refractivity contribution < 1.29 is 37.8 Å². The Morgan fingerprint density at radius 3 is 1.96 bits per heavy atom. The summed E-state index contributed by atoms with van der Waals surface area (Å²) < 4.78 is 25.8. The third-order valence-electron chi connectivity index (χ3n) is 8.81. The van der Waals surface area contributed by atoms with Gasteiger partial charge in [0, 0.05) is 25.7 Å². The largest absolute Gasteiger partial charge is 0.445 e. The lowest BCUT2D eigenvalue weighted by atomic mass is 9.96. The molecule has 5 amide bonds. The Kier molecular flexibility index (Phi) is 18.2. The van der Waals surface area contributed by atoms with E-state index < -0.39 is 61.0 Å². The van der Waals surface area contributed by atoms with Gasteiger partial charge in [0.05, 0.1) is 6.61 Å². The maximum atomic E-state index is 14.5. The standard InChI is InChI=1S/C37H62N5O8P/c1-10-50-51(48,23-29(19-24(2)3)33(43)40-30(20-25(4)5)34(44)38-9)27(8)39-35(45)31(21-26(6)7)41-36(46)32-17-14-18-42(32)37(47)49-22-28-15-12-11-13-16-28/h11-13,15-16,24-27,29-32H,10,14,17-23H2,1-9H3,(H,38,44)(H,39,45)(H,40,43)(H,41,46)/t27-,29?,30-,31+,32-,51?/m0/s1. The Morgan fingerprint density at radius 1 is 0.824 bits per heavy atom. The molecule has 1 saturated heterocycles. The molecule has 6 atom stereocenters. The van der Waals surface area contributed by atoms with Gasteiger partial charge >= 0.3 is 6.09 Å². The van der Waals surface area contributed by atoms with Crippen molar-refractivity contribution in [3.8, 4) is 0 Å². The van der Waals surface area contributed by atoms with Gasteiger partial charge < -0.3 is 30.5 Å². The highest BCUT2D eigenvalue weighted by Crippen LogP contribution is 2.53. The highest BCUT2D eigenvalue weighted by molar-refractivity contribution is 7.59. The number of amides is 5. The first-order chi connectivity index (χ1) is 24.0. The van der Waals surface area contributed by atoms with Crippen LogP contribution < -0.4 is 21.3 Å². The smallest absolute Gasteiger partial charge is 0.410 e. The molecule has 13 nitrogen and oxygen atoms in total. The minimum absolute atomic E-state index is 0.0174. The lowest BCUT2D eigenvalue weighted by Gasteiger charge is -2.31. The SMILES string of the molecule is CCOP(=O)(CC(CC(C)C)C(=O)N[C@@H](CC(C)C)C(=O)NC)[C@@H](C)NC(=O)[C@@H](CC(C)C)NC(=O)[C@@H]1CCCN1C(=O)OCc1ccccc1. The Hall–Kier alpha value is -3.44. The molecule has 0 aromatic heterocycles. The van der Waals surface area contributed by atoms with Crippen LogP contribution in [0, 0.1) is 23.7 Å². The molecule has 4 N–H and O–H groups in total. The molecule has 1 aliphatic rings. The highest BCUT2D eigenvalue weighted by Gasteiger charge is 2.41. The fourth-order valence-electron chi connectivity index (χ4n) is 6.28. The van der Waals surface area contributed by atoms with Gasteiger partial charge in [-0.25, -0.2) is 4.79 Å². The number of benzene rings is 1. The van der Waals surface area contributed by atoms with E-state index in [4.69, 9.17) is 9.26 Å². The number of likely N-dealkylation sites (tertiary alicyclic amines) is 1. The topological polar surface area (TPSA) is 172 Å². The minimum Gasteiger partial charge on any atom is -0.445 e. The monoisotopic (exact) mass is 735 g/mol. The van der Waals surface area contributed by atoms with E-state index in [9.17, 15) is 28.5 Å². The van der Waals surface area contributed by atoms with E-state index in [-0.39, 0.29) is 43.0 Å². The highest BCUT2D eigenvalue weighted by atomic mass is 31.2. The summed E-state index contributed by atoms with van der Waals surface area (Å²) in [6.07, 6.45) is 1.42. The molecule has 0 aliphatic carbocycles. The molecule has 14 heteroatoms. The van der Waals surface area contributed by atoms with Crippen molar-refractivity contribution in [2.24, 2.45) is 23.7 Å².